The summed E-state index contributed by atoms with van der Waals surface area (Å²) in [5.41, 5.74) is 0.992. The summed E-state index contributed by atoms with van der Waals surface area (Å²) in [6, 6.07) is 0. The van der Waals surface area contributed by atoms with Crippen LogP contribution >= 0.6 is 11.3 Å². The third-order valence-corrected chi connectivity index (χ3v) is 5.59. The van der Waals surface area contributed by atoms with Gasteiger partial charge in [0.15, 0.2) is 0 Å². The van der Waals surface area contributed by atoms with E-state index in [0.29, 0.717) is 25.4 Å². The van der Waals surface area contributed by atoms with Gasteiger partial charge < -0.3 is 4.90 Å². The number of nitrogens with zero attached hydrogens (tertiary/aromatic N) is 2. The first kappa shape index (κ1) is 16.4. The fourth-order valence-corrected chi connectivity index (χ4v) is 4.21. The van der Waals surface area contributed by atoms with Crippen molar-refractivity contribution in [2.75, 3.05) is 18.8 Å². The summed E-state index contributed by atoms with van der Waals surface area (Å²) in [5.74, 6) is 0.108. The molecule has 8 heteroatoms. The van der Waals surface area contributed by atoms with E-state index in [1.807, 2.05) is 5.38 Å². The Bertz CT molecular complexity index is 610. The van der Waals surface area contributed by atoms with E-state index in [9.17, 15) is 13.2 Å². The van der Waals surface area contributed by atoms with E-state index in [4.69, 9.17) is 5.14 Å². The van der Waals surface area contributed by atoms with Gasteiger partial charge in [0.1, 0.15) is 0 Å². The van der Waals surface area contributed by atoms with Gasteiger partial charge in [-0.25, -0.2) is 18.5 Å². The molecule has 6 nitrogen and oxygen atoms in total. The number of amides is 1. The SMILES string of the molecule is CC(C)c1nc(CCN2CC(CS(N)(=O)=O)CC2=O)cs1. The molecule has 1 fully saturated rings. The average molecular weight is 331 g/mol. The lowest BCUT2D eigenvalue weighted by Crippen LogP contribution is -2.29. The van der Waals surface area contributed by atoms with Crippen molar-refractivity contribution in [2.24, 2.45) is 11.1 Å². The summed E-state index contributed by atoms with van der Waals surface area (Å²) >= 11 is 1.64. The molecule has 2 heterocycles. The highest BCUT2D eigenvalue weighted by Crippen LogP contribution is 2.21. The number of aromatic nitrogens is 1. The van der Waals surface area contributed by atoms with Crippen LogP contribution in [-0.2, 0) is 21.2 Å². The summed E-state index contributed by atoms with van der Waals surface area (Å²) in [7, 11) is -3.52. The molecule has 0 radical (unpaired) electrons. The smallest absolute Gasteiger partial charge is 0.222 e. The monoisotopic (exact) mass is 331 g/mol. The van der Waals surface area contributed by atoms with Crippen molar-refractivity contribution < 1.29 is 13.2 Å². The molecular weight excluding hydrogens is 310 g/mol. The Hall–Kier alpha value is -0.990. The highest BCUT2D eigenvalue weighted by Gasteiger charge is 2.31. The number of nitrogens with two attached hydrogens (primary N) is 1. The van der Waals surface area contributed by atoms with E-state index in [1.165, 1.54) is 0 Å². The Labute approximate surface area is 129 Å². The number of sulfonamides is 1. The number of carbonyl (C=O) groups excluding carboxylic acids is 1. The first-order valence-corrected chi connectivity index (χ1v) is 9.56. The van der Waals surface area contributed by atoms with Crippen LogP contribution in [0.3, 0.4) is 0 Å². The van der Waals surface area contributed by atoms with Gasteiger partial charge in [-0.3, -0.25) is 4.79 Å². The Morgan fingerprint density at radius 3 is 2.81 bits per heavy atom. The maximum atomic E-state index is 11.9. The summed E-state index contributed by atoms with van der Waals surface area (Å²) in [4.78, 5) is 18.1. The number of primary sulfonamides is 1. The Balaban J connectivity index is 1.87. The molecule has 1 amide bonds. The van der Waals surface area contributed by atoms with Crippen molar-refractivity contribution in [1.82, 2.24) is 9.88 Å². The summed E-state index contributed by atoms with van der Waals surface area (Å²) in [6.45, 7) is 5.26. The minimum absolute atomic E-state index is 0.00274. The van der Waals surface area contributed by atoms with Crippen molar-refractivity contribution in [1.29, 1.82) is 0 Å². The zero-order chi connectivity index (χ0) is 15.6. The molecule has 1 atom stereocenters. The maximum Gasteiger partial charge on any atom is 0.222 e. The standard InChI is InChI=1S/C13H21N3O3S2/c1-9(2)13-15-11(7-20-13)3-4-16-6-10(5-12(16)17)8-21(14,18)19/h7,9-10H,3-6,8H2,1-2H3,(H2,14,18,19). The molecule has 1 aliphatic rings. The summed E-state index contributed by atoms with van der Waals surface area (Å²) < 4.78 is 22.2. The quantitative estimate of drug-likeness (QED) is 0.839. The van der Waals surface area contributed by atoms with E-state index in [1.54, 1.807) is 16.2 Å². The second-order valence-electron chi connectivity index (χ2n) is 5.82. The molecule has 118 valence electrons. The third kappa shape index (κ3) is 4.76. The van der Waals surface area contributed by atoms with Crippen LogP contribution in [0.15, 0.2) is 5.38 Å². The number of carbonyl (C=O) groups is 1. The van der Waals surface area contributed by atoms with E-state index in [0.717, 1.165) is 10.7 Å². The van der Waals surface area contributed by atoms with Crippen molar-refractivity contribution in [3.63, 3.8) is 0 Å². The maximum absolute atomic E-state index is 11.9. The van der Waals surface area contributed by atoms with Gasteiger partial charge >= 0.3 is 0 Å². The van der Waals surface area contributed by atoms with Crippen LogP contribution in [-0.4, -0.2) is 43.1 Å². The fraction of sp³-hybridized carbons (Fsp3) is 0.692. The molecule has 1 aromatic heterocycles. The number of likely N-dealkylation sites (tertiary alicyclic amines) is 1. The van der Waals surface area contributed by atoms with E-state index >= 15 is 0 Å². The Kier molecular flexibility index (Phi) is 5.00. The molecule has 0 aliphatic carbocycles. The van der Waals surface area contributed by atoms with Gasteiger partial charge in [0.25, 0.3) is 0 Å². The van der Waals surface area contributed by atoms with Crippen LogP contribution in [0.4, 0.5) is 0 Å². The van der Waals surface area contributed by atoms with Crippen molar-refractivity contribution in [3.05, 3.63) is 16.1 Å². The third-order valence-electron chi connectivity index (χ3n) is 3.46. The van der Waals surface area contributed by atoms with E-state index in [-0.39, 0.29) is 24.0 Å². The topological polar surface area (TPSA) is 93.4 Å². The van der Waals surface area contributed by atoms with Crippen LogP contribution in [0, 0.1) is 5.92 Å². The minimum Gasteiger partial charge on any atom is -0.342 e. The van der Waals surface area contributed by atoms with Crippen LogP contribution < -0.4 is 5.14 Å². The first-order valence-electron chi connectivity index (χ1n) is 6.97. The predicted molar refractivity (Wildman–Crippen MR) is 82.6 cm³/mol. The molecule has 21 heavy (non-hydrogen) atoms. The lowest BCUT2D eigenvalue weighted by atomic mass is 10.1. The minimum atomic E-state index is -3.52. The molecule has 2 N–H and O–H groups in total. The normalized spacial score (nSPS) is 19.7. The van der Waals surface area contributed by atoms with E-state index < -0.39 is 10.0 Å². The van der Waals surface area contributed by atoms with Crippen LogP contribution in [0.5, 0.6) is 0 Å². The van der Waals surface area contributed by atoms with Gasteiger partial charge in [-0.1, -0.05) is 13.8 Å². The van der Waals surface area contributed by atoms with Crippen molar-refractivity contribution in [2.45, 2.75) is 32.6 Å². The molecule has 1 aromatic rings. The summed E-state index contributed by atoms with van der Waals surface area (Å²) in [6.07, 6.45) is 0.974. The second kappa shape index (κ2) is 6.41. The Morgan fingerprint density at radius 1 is 1.52 bits per heavy atom. The molecule has 0 saturated carbocycles. The predicted octanol–water partition coefficient (Wildman–Crippen LogP) is 0.946. The van der Waals surface area contributed by atoms with Crippen molar-refractivity contribution in [3.8, 4) is 0 Å². The van der Waals surface area contributed by atoms with Gasteiger partial charge in [0, 0.05) is 43.1 Å². The second-order valence-corrected chi connectivity index (χ2v) is 8.37. The van der Waals surface area contributed by atoms with Gasteiger partial charge in [-0.05, 0) is 0 Å². The summed E-state index contributed by atoms with van der Waals surface area (Å²) in [5, 5.41) is 8.16. The van der Waals surface area contributed by atoms with Crippen LogP contribution in [0.2, 0.25) is 0 Å². The number of hydrogen-bond donors (Lipinski definition) is 1. The molecule has 1 saturated heterocycles. The average Bonchev–Trinajstić information content (AvgIpc) is 2.91. The number of hydrogen-bond acceptors (Lipinski definition) is 5. The van der Waals surface area contributed by atoms with Gasteiger partial charge in [0.05, 0.1) is 16.5 Å². The highest BCUT2D eigenvalue weighted by molar-refractivity contribution is 7.89. The van der Waals surface area contributed by atoms with Gasteiger partial charge in [-0.2, -0.15) is 0 Å². The van der Waals surface area contributed by atoms with Gasteiger partial charge in [0.2, 0.25) is 15.9 Å². The lowest BCUT2D eigenvalue weighted by molar-refractivity contribution is -0.127. The Morgan fingerprint density at radius 2 is 2.24 bits per heavy atom. The van der Waals surface area contributed by atoms with Crippen molar-refractivity contribution >= 4 is 27.3 Å². The van der Waals surface area contributed by atoms with Gasteiger partial charge in [-0.15, -0.1) is 11.3 Å². The zero-order valence-corrected chi connectivity index (χ0v) is 13.9. The number of rotatable bonds is 6. The molecule has 0 bridgehead atoms. The highest BCUT2D eigenvalue weighted by atomic mass is 32.2. The first-order chi connectivity index (χ1) is 9.74. The number of thiazole rings is 1. The zero-order valence-electron chi connectivity index (χ0n) is 12.3. The molecule has 2 rings (SSSR count). The van der Waals surface area contributed by atoms with Crippen LogP contribution in [0.25, 0.3) is 0 Å². The lowest BCUT2D eigenvalue weighted by Gasteiger charge is -2.15. The molecule has 0 aromatic carbocycles. The molecule has 1 aliphatic heterocycles. The largest absolute Gasteiger partial charge is 0.342 e. The molecular formula is C13H21N3O3S2. The van der Waals surface area contributed by atoms with E-state index in [2.05, 4.69) is 18.8 Å². The molecule has 0 spiro atoms. The molecule has 1 unspecified atom stereocenters. The fourth-order valence-electron chi connectivity index (χ4n) is 2.46. The van der Waals surface area contributed by atoms with Crippen LogP contribution in [0.1, 0.15) is 36.9 Å².